The molecule has 3 rings (SSSR count). The first-order valence-corrected chi connectivity index (χ1v) is 8.95. The van der Waals surface area contributed by atoms with Crippen LogP contribution in [0.25, 0.3) is 10.9 Å². The van der Waals surface area contributed by atoms with Gasteiger partial charge in [-0.2, -0.15) is 13.7 Å². The number of carbonyl (C=O) groups is 1. The number of hydrogen-bond acceptors (Lipinski definition) is 5. The predicted octanol–water partition coefficient (Wildman–Crippen LogP) is 3.55. The van der Waals surface area contributed by atoms with E-state index < -0.39 is 21.2 Å². The van der Waals surface area contributed by atoms with E-state index in [-0.39, 0.29) is 18.5 Å². The molecule has 1 aromatic heterocycles. The number of hydrogen-bond donors (Lipinski definition) is 0. The van der Waals surface area contributed by atoms with E-state index in [4.69, 9.17) is 10.00 Å². The zero-order valence-corrected chi connectivity index (χ0v) is 14.2. The Balaban J connectivity index is 2.00. The normalized spacial score (nSPS) is 11.2. The van der Waals surface area contributed by atoms with Gasteiger partial charge in [-0.3, -0.25) is 4.57 Å². The predicted molar refractivity (Wildman–Crippen MR) is 91.6 cm³/mol. The fourth-order valence-corrected chi connectivity index (χ4v) is 3.08. The lowest BCUT2D eigenvalue weighted by Gasteiger charge is -2.07. The molecule has 0 N–H and O–H groups in total. The van der Waals surface area contributed by atoms with Crippen molar-refractivity contribution in [2.75, 3.05) is 0 Å². The van der Waals surface area contributed by atoms with Crippen LogP contribution in [0.2, 0.25) is 0 Å². The van der Waals surface area contributed by atoms with Gasteiger partial charge in [-0.1, -0.05) is 36.4 Å². The topological polar surface area (TPSA) is 89.2 Å². The van der Waals surface area contributed by atoms with Gasteiger partial charge in [0.1, 0.15) is 11.5 Å². The SMILES string of the molecule is N#CCc1cn(C(=O)OCc2ccccc2)c2cc(S(=O)(=O)F)ccc12. The van der Waals surface area contributed by atoms with Crippen molar-refractivity contribution >= 4 is 27.2 Å². The summed E-state index contributed by atoms with van der Waals surface area (Å²) in [6.07, 6.45) is 0.656. The van der Waals surface area contributed by atoms with E-state index in [1.807, 2.05) is 12.1 Å². The lowest BCUT2D eigenvalue weighted by molar-refractivity contribution is 0.142. The molecule has 0 saturated carbocycles. The minimum absolute atomic E-state index is 0.0111. The maximum atomic E-state index is 13.3. The smallest absolute Gasteiger partial charge is 0.418 e. The summed E-state index contributed by atoms with van der Waals surface area (Å²) in [7, 11) is -4.93. The molecule has 0 spiro atoms. The van der Waals surface area contributed by atoms with Crippen LogP contribution in [0, 0.1) is 11.3 Å². The van der Waals surface area contributed by atoms with E-state index in [2.05, 4.69) is 0 Å². The molecule has 8 heteroatoms. The third kappa shape index (κ3) is 3.58. The third-order valence-electron chi connectivity index (χ3n) is 3.81. The minimum Gasteiger partial charge on any atom is -0.444 e. The summed E-state index contributed by atoms with van der Waals surface area (Å²) in [5, 5.41) is 9.41. The molecule has 0 unspecified atom stereocenters. The Bertz CT molecular complexity index is 1120. The average Bonchev–Trinajstić information content (AvgIpc) is 2.98. The number of fused-ring (bicyclic) bond motifs is 1. The van der Waals surface area contributed by atoms with E-state index in [0.29, 0.717) is 10.9 Å². The van der Waals surface area contributed by atoms with Crippen LogP contribution in [0.1, 0.15) is 11.1 Å². The molecule has 0 atom stereocenters. The summed E-state index contributed by atoms with van der Waals surface area (Å²) in [4.78, 5) is 11.9. The molecule has 132 valence electrons. The molecule has 3 aromatic rings. The molecule has 6 nitrogen and oxygen atoms in total. The van der Waals surface area contributed by atoms with Gasteiger partial charge >= 0.3 is 16.3 Å². The van der Waals surface area contributed by atoms with Gasteiger partial charge in [0.15, 0.2) is 0 Å². The Morgan fingerprint density at radius 2 is 1.92 bits per heavy atom. The first-order valence-electron chi connectivity index (χ1n) is 7.57. The van der Waals surface area contributed by atoms with Crippen LogP contribution in [0.3, 0.4) is 0 Å². The molecule has 0 aliphatic carbocycles. The zero-order chi connectivity index (χ0) is 18.7. The summed E-state index contributed by atoms with van der Waals surface area (Å²) in [6.45, 7) is 0.0219. The fourth-order valence-electron chi connectivity index (χ4n) is 2.59. The molecule has 1 heterocycles. The van der Waals surface area contributed by atoms with Crippen molar-refractivity contribution in [3.63, 3.8) is 0 Å². The van der Waals surface area contributed by atoms with Crippen molar-refractivity contribution in [1.82, 2.24) is 4.57 Å². The highest BCUT2D eigenvalue weighted by molar-refractivity contribution is 7.86. The first-order chi connectivity index (χ1) is 12.4. The quantitative estimate of drug-likeness (QED) is 0.654. The molecule has 2 aromatic carbocycles. The van der Waals surface area contributed by atoms with Crippen LogP contribution in [0.4, 0.5) is 8.68 Å². The number of halogens is 1. The van der Waals surface area contributed by atoms with E-state index >= 15 is 0 Å². The van der Waals surface area contributed by atoms with Gasteiger partial charge in [0, 0.05) is 11.6 Å². The van der Waals surface area contributed by atoms with Gasteiger partial charge < -0.3 is 4.74 Å². The highest BCUT2D eigenvalue weighted by Crippen LogP contribution is 2.26. The van der Waals surface area contributed by atoms with Crippen LogP contribution in [0.5, 0.6) is 0 Å². The van der Waals surface area contributed by atoms with Crippen molar-refractivity contribution in [1.29, 1.82) is 5.26 Å². The van der Waals surface area contributed by atoms with Crippen molar-refractivity contribution in [3.8, 4) is 6.07 Å². The Labute approximate surface area is 149 Å². The highest BCUT2D eigenvalue weighted by atomic mass is 32.3. The summed E-state index contributed by atoms with van der Waals surface area (Å²) >= 11 is 0. The van der Waals surface area contributed by atoms with E-state index in [9.17, 15) is 17.1 Å². The first kappa shape index (κ1) is 17.6. The molecule has 0 aliphatic rings. The molecule has 0 radical (unpaired) electrons. The summed E-state index contributed by atoms with van der Waals surface area (Å²) in [6, 6.07) is 14.5. The Morgan fingerprint density at radius 1 is 1.19 bits per heavy atom. The molecule has 0 amide bonds. The van der Waals surface area contributed by atoms with Crippen LogP contribution in [-0.2, 0) is 28.0 Å². The molecule has 0 bridgehead atoms. The minimum atomic E-state index is -4.93. The lowest BCUT2D eigenvalue weighted by Crippen LogP contribution is -2.12. The van der Waals surface area contributed by atoms with Crippen molar-refractivity contribution in [2.24, 2.45) is 0 Å². The second kappa shape index (κ2) is 6.98. The molecular weight excluding hydrogens is 359 g/mol. The Morgan fingerprint density at radius 3 is 2.58 bits per heavy atom. The van der Waals surface area contributed by atoms with Gasteiger partial charge in [-0.05, 0) is 23.3 Å². The number of aromatic nitrogens is 1. The van der Waals surface area contributed by atoms with Gasteiger partial charge in [-0.15, -0.1) is 3.89 Å². The van der Waals surface area contributed by atoms with Crippen LogP contribution >= 0.6 is 0 Å². The maximum Gasteiger partial charge on any atom is 0.418 e. The summed E-state index contributed by atoms with van der Waals surface area (Å²) in [5.74, 6) is 0. The molecule has 0 fully saturated rings. The summed E-state index contributed by atoms with van der Waals surface area (Å²) < 4.78 is 41.9. The second-order valence-corrected chi connectivity index (χ2v) is 6.86. The molecule has 0 aliphatic heterocycles. The number of carbonyl (C=O) groups excluding carboxylic acids is 1. The molecule has 0 saturated heterocycles. The monoisotopic (exact) mass is 372 g/mol. The number of benzene rings is 2. The Hall–Kier alpha value is -3.18. The van der Waals surface area contributed by atoms with Crippen LogP contribution < -0.4 is 0 Å². The number of rotatable bonds is 4. The number of nitriles is 1. The molecule has 26 heavy (non-hydrogen) atoms. The highest BCUT2D eigenvalue weighted by Gasteiger charge is 2.19. The van der Waals surface area contributed by atoms with Crippen LogP contribution in [0.15, 0.2) is 59.6 Å². The standard InChI is InChI=1S/C18H13FN2O4S/c19-26(23,24)15-6-7-16-14(8-9-20)11-21(17(16)10-15)18(22)25-12-13-4-2-1-3-5-13/h1-7,10-11H,8,12H2. The van der Waals surface area contributed by atoms with Crippen molar-refractivity contribution < 1.29 is 21.8 Å². The van der Waals surface area contributed by atoms with Crippen molar-refractivity contribution in [3.05, 3.63) is 65.9 Å². The maximum absolute atomic E-state index is 13.3. The van der Waals surface area contributed by atoms with Gasteiger partial charge in [0.2, 0.25) is 0 Å². The van der Waals surface area contributed by atoms with E-state index in [1.54, 1.807) is 24.3 Å². The summed E-state index contributed by atoms with van der Waals surface area (Å²) in [5.41, 5.74) is 1.45. The number of ether oxygens (including phenoxy) is 1. The molecular formula is C18H13FN2O4S. The average molecular weight is 372 g/mol. The van der Waals surface area contributed by atoms with Gasteiger partial charge in [0.25, 0.3) is 0 Å². The zero-order valence-electron chi connectivity index (χ0n) is 13.4. The Kier molecular flexibility index (Phi) is 4.73. The second-order valence-electron chi connectivity index (χ2n) is 5.52. The third-order valence-corrected chi connectivity index (χ3v) is 4.63. The van der Waals surface area contributed by atoms with Gasteiger partial charge in [0.05, 0.1) is 18.0 Å². The van der Waals surface area contributed by atoms with Crippen molar-refractivity contribution in [2.45, 2.75) is 17.9 Å². The van der Waals surface area contributed by atoms with Gasteiger partial charge in [-0.25, -0.2) is 4.79 Å². The largest absolute Gasteiger partial charge is 0.444 e. The van der Waals surface area contributed by atoms with E-state index in [1.165, 1.54) is 12.3 Å². The van der Waals surface area contributed by atoms with Crippen LogP contribution in [-0.4, -0.2) is 19.1 Å². The fraction of sp³-hybridized carbons (Fsp3) is 0.111. The lowest BCUT2D eigenvalue weighted by atomic mass is 10.1. The van der Waals surface area contributed by atoms with E-state index in [0.717, 1.165) is 22.3 Å². The number of nitrogens with zero attached hydrogens (tertiary/aromatic N) is 2.